The van der Waals surface area contributed by atoms with E-state index in [1.54, 1.807) is 6.07 Å². The average Bonchev–Trinajstić information content (AvgIpc) is 2.76. The molecule has 10 heteroatoms. The second kappa shape index (κ2) is 6.86. The number of sulfonamides is 1. The lowest BCUT2D eigenvalue weighted by Gasteiger charge is -2.11. The summed E-state index contributed by atoms with van der Waals surface area (Å²) in [5, 5.41) is 9.93. The SMILES string of the molecule is Cl.NS(=O)(=O)c1cccc(CNC(=O)C2CC(F)(F)CN2)c1. The Bertz CT molecular complexity index is 655. The Labute approximate surface area is 132 Å². The standard InChI is InChI=1S/C12H15F2N3O3S.ClH/c13-12(14)5-10(17-7-12)11(18)16-6-8-2-1-3-9(4-8)21(15,19)20;/h1-4,10,17H,5-7H2,(H,16,18)(H2,15,19,20);1H. The Morgan fingerprint density at radius 1 is 1.45 bits per heavy atom. The van der Waals surface area contributed by atoms with Crippen molar-refractivity contribution in [3.05, 3.63) is 29.8 Å². The molecular weight excluding hydrogens is 340 g/mol. The van der Waals surface area contributed by atoms with Crippen molar-refractivity contribution in [2.45, 2.75) is 29.8 Å². The van der Waals surface area contributed by atoms with E-state index in [9.17, 15) is 22.0 Å². The molecule has 1 aromatic carbocycles. The molecule has 6 nitrogen and oxygen atoms in total. The minimum Gasteiger partial charge on any atom is -0.351 e. The van der Waals surface area contributed by atoms with Crippen LogP contribution in [-0.2, 0) is 21.4 Å². The first-order valence-corrected chi connectivity index (χ1v) is 7.73. The zero-order valence-electron chi connectivity index (χ0n) is 11.4. The third-order valence-electron chi connectivity index (χ3n) is 3.12. The third-order valence-corrected chi connectivity index (χ3v) is 4.03. The number of alkyl halides is 2. The molecule has 1 aliphatic heterocycles. The van der Waals surface area contributed by atoms with Gasteiger partial charge in [-0.3, -0.25) is 10.1 Å². The van der Waals surface area contributed by atoms with Crippen LogP contribution in [0.4, 0.5) is 8.78 Å². The van der Waals surface area contributed by atoms with Gasteiger partial charge in [-0.2, -0.15) is 0 Å². The molecule has 1 atom stereocenters. The molecule has 0 aliphatic carbocycles. The normalized spacial score (nSPS) is 20.2. The highest BCUT2D eigenvalue weighted by Crippen LogP contribution is 2.25. The van der Waals surface area contributed by atoms with E-state index in [0.717, 1.165) is 0 Å². The average molecular weight is 356 g/mol. The third kappa shape index (κ3) is 4.87. The van der Waals surface area contributed by atoms with E-state index < -0.39 is 40.9 Å². The van der Waals surface area contributed by atoms with Crippen molar-refractivity contribution in [1.29, 1.82) is 0 Å². The number of nitrogens with two attached hydrogens (primary N) is 1. The number of hydrogen-bond donors (Lipinski definition) is 3. The lowest BCUT2D eigenvalue weighted by atomic mass is 10.1. The van der Waals surface area contributed by atoms with Crippen molar-refractivity contribution in [2.24, 2.45) is 5.14 Å². The van der Waals surface area contributed by atoms with E-state index in [2.05, 4.69) is 10.6 Å². The van der Waals surface area contributed by atoms with Gasteiger partial charge in [-0.05, 0) is 17.7 Å². The lowest BCUT2D eigenvalue weighted by Crippen LogP contribution is -2.40. The van der Waals surface area contributed by atoms with Gasteiger partial charge in [0.05, 0.1) is 17.5 Å². The van der Waals surface area contributed by atoms with Crippen LogP contribution in [0.25, 0.3) is 0 Å². The fourth-order valence-electron chi connectivity index (χ4n) is 2.05. The Morgan fingerprint density at radius 2 is 2.14 bits per heavy atom. The maximum atomic E-state index is 13.0. The number of carbonyl (C=O) groups excluding carboxylic acids is 1. The first kappa shape index (κ1) is 18.8. The van der Waals surface area contributed by atoms with Crippen LogP contribution >= 0.6 is 12.4 Å². The predicted octanol–water partition coefficient (Wildman–Crippen LogP) is 0.369. The molecule has 22 heavy (non-hydrogen) atoms. The van der Waals surface area contributed by atoms with Crippen molar-refractivity contribution in [1.82, 2.24) is 10.6 Å². The molecule has 4 N–H and O–H groups in total. The number of rotatable bonds is 4. The quantitative estimate of drug-likeness (QED) is 0.726. The Balaban J connectivity index is 0.00000242. The Hall–Kier alpha value is -1.29. The molecule has 0 saturated carbocycles. The van der Waals surface area contributed by atoms with Gasteiger partial charge in [0, 0.05) is 13.0 Å². The van der Waals surface area contributed by atoms with Gasteiger partial charge in [-0.25, -0.2) is 22.3 Å². The number of hydrogen-bond acceptors (Lipinski definition) is 4. The van der Waals surface area contributed by atoms with Crippen molar-refractivity contribution >= 4 is 28.3 Å². The maximum Gasteiger partial charge on any atom is 0.262 e. The molecule has 1 saturated heterocycles. The van der Waals surface area contributed by atoms with Crippen LogP contribution in [0, 0.1) is 0 Å². The van der Waals surface area contributed by atoms with Crippen molar-refractivity contribution < 1.29 is 22.0 Å². The minimum atomic E-state index is -3.82. The molecule has 1 amide bonds. The van der Waals surface area contributed by atoms with Gasteiger partial charge >= 0.3 is 0 Å². The fraction of sp³-hybridized carbons (Fsp3) is 0.417. The molecule has 1 heterocycles. The number of amides is 1. The molecule has 1 aliphatic rings. The summed E-state index contributed by atoms with van der Waals surface area (Å²) in [4.78, 5) is 11.7. The first-order chi connectivity index (χ1) is 9.67. The van der Waals surface area contributed by atoms with Gasteiger partial charge in [-0.15, -0.1) is 12.4 Å². The van der Waals surface area contributed by atoms with Gasteiger partial charge in [-0.1, -0.05) is 12.1 Å². The number of primary sulfonamides is 1. The maximum absolute atomic E-state index is 13.0. The largest absolute Gasteiger partial charge is 0.351 e. The Kier molecular flexibility index (Phi) is 5.85. The summed E-state index contributed by atoms with van der Waals surface area (Å²) in [5.41, 5.74) is 0.514. The van der Waals surface area contributed by atoms with Gasteiger partial charge in [0.1, 0.15) is 0 Å². The zero-order chi connectivity index (χ0) is 15.7. The molecule has 1 unspecified atom stereocenters. The van der Waals surface area contributed by atoms with Gasteiger partial charge in [0.25, 0.3) is 5.92 Å². The number of benzene rings is 1. The molecule has 1 aromatic rings. The molecule has 0 bridgehead atoms. The molecule has 0 spiro atoms. The number of nitrogens with one attached hydrogen (secondary N) is 2. The van der Waals surface area contributed by atoms with Gasteiger partial charge < -0.3 is 5.32 Å². The lowest BCUT2D eigenvalue weighted by molar-refractivity contribution is -0.123. The molecular formula is C12H16ClF2N3O3S. The summed E-state index contributed by atoms with van der Waals surface area (Å²) in [6.45, 7) is -0.488. The number of carbonyl (C=O) groups is 1. The molecule has 124 valence electrons. The first-order valence-electron chi connectivity index (χ1n) is 6.18. The van der Waals surface area contributed by atoms with E-state index in [0.29, 0.717) is 5.56 Å². The van der Waals surface area contributed by atoms with Crippen LogP contribution in [0.3, 0.4) is 0 Å². The van der Waals surface area contributed by atoms with Crippen LogP contribution < -0.4 is 15.8 Å². The van der Waals surface area contributed by atoms with Crippen LogP contribution in [0.1, 0.15) is 12.0 Å². The summed E-state index contributed by atoms with van der Waals surface area (Å²) < 4.78 is 48.4. The summed E-state index contributed by atoms with van der Waals surface area (Å²) in [6, 6.07) is 4.81. The summed E-state index contributed by atoms with van der Waals surface area (Å²) in [6.07, 6.45) is -0.546. The van der Waals surface area contributed by atoms with Crippen molar-refractivity contribution in [2.75, 3.05) is 6.54 Å². The second-order valence-corrected chi connectivity index (χ2v) is 6.47. The smallest absolute Gasteiger partial charge is 0.262 e. The summed E-state index contributed by atoms with van der Waals surface area (Å²) in [7, 11) is -3.82. The van der Waals surface area contributed by atoms with E-state index in [1.165, 1.54) is 18.2 Å². The highest BCUT2D eigenvalue weighted by Gasteiger charge is 2.42. The zero-order valence-corrected chi connectivity index (χ0v) is 13.0. The second-order valence-electron chi connectivity index (χ2n) is 4.90. The van der Waals surface area contributed by atoms with Crippen molar-refractivity contribution in [3.8, 4) is 0 Å². The van der Waals surface area contributed by atoms with Gasteiger partial charge in [0.15, 0.2) is 0 Å². The van der Waals surface area contributed by atoms with E-state index in [1.807, 2.05) is 0 Å². The minimum absolute atomic E-state index is 0. The number of halogens is 3. The molecule has 1 fully saturated rings. The highest BCUT2D eigenvalue weighted by atomic mass is 35.5. The molecule has 0 aromatic heterocycles. The van der Waals surface area contributed by atoms with Crippen LogP contribution in [0.2, 0.25) is 0 Å². The van der Waals surface area contributed by atoms with Crippen molar-refractivity contribution in [3.63, 3.8) is 0 Å². The van der Waals surface area contributed by atoms with E-state index in [-0.39, 0.29) is 23.8 Å². The molecule has 0 radical (unpaired) electrons. The molecule has 2 rings (SSSR count). The van der Waals surface area contributed by atoms with E-state index >= 15 is 0 Å². The summed E-state index contributed by atoms with van der Waals surface area (Å²) >= 11 is 0. The Morgan fingerprint density at radius 3 is 2.68 bits per heavy atom. The highest BCUT2D eigenvalue weighted by molar-refractivity contribution is 7.89. The van der Waals surface area contributed by atoms with Crippen LogP contribution in [0.15, 0.2) is 29.2 Å². The van der Waals surface area contributed by atoms with Gasteiger partial charge in [0.2, 0.25) is 15.9 Å². The predicted molar refractivity (Wildman–Crippen MR) is 78.3 cm³/mol. The monoisotopic (exact) mass is 355 g/mol. The van der Waals surface area contributed by atoms with E-state index in [4.69, 9.17) is 5.14 Å². The van der Waals surface area contributed by atoms with Crippen LogP contribution in [-0.4, -0.2) is 32.8 Å². The summed E-state index contributed by atoms with van der Waals surface area (Å²) in [5.74, 6) is -3.43. The fourth-order valence-corrected chi connectivity index (χ4v) is 2.63. The van der Waals surface area contributed by atoms with Crippen LogP contribution in [0.5, 0.6) is 0 Å². The topological polar surface area (TPSA) is 101 Å².